The summed E-state index contributed by atoms with van der Waals surface area (Å²) in [7, 11) is 1.68. The Hall–Kier alpha value is -3.02. The highest BCUT2D eigenvalue weighted by Crippen LogP contribution is 2.23. The SMILES string of the molecule is COc1ccc(CCC2CCN(C(=O)C(C)NC(=O)Nc3ccccc3)CC2)cc1. The maximum Gasteiger partial charge on any atom is 0.319 e. The molecule has 1 aliphatic heterocycles. The lowest BCUT2D eigenvalue weighted by Crippen LogP contribution is -2.50. The molecule has 3 amide bonds. The monoisotopic (exact) mass is 409 g/mol. The first-order valence-corrected chi connectivity index (χ1v) is 10.6. The van der Waals surface area contributed by atoms with Gasteiger partial charge in [-0.2, -0.15) is 0 Å². The number of rotatable bonds is 7. The number of carbonyl (C=O) groups excluding carboxylic acids is 2. The van der Waals surface area contributed by atoms with Gasteiger partial charge in [-0.25, -0.2) is 4.79 Å². The van der Waals surface area contributed by atoms with Crippen molar-refractivity contribution in [1.29, 1.82) is 0 Å². The van der Waals surface area contributed by atoms with Crippen LogP contribution in [0, 0.1) is 5.92 Å². The molecule has 1 aliphatic rings. The van der Waals surface area contributed by atoms with Crippen LogP contribution in [0.1, 0.15) is 31.7 Å². The van der Waals surface area contributed by atoms with Gasteiger partial charge in [0.25, 0.3) is 0 Å². The van der Waals surface area contributed by atoms with Crippen molar-refractivity contribution in [2.24, 2.45) is 5.92 Å². The number of para-hydroxylation sites is 1. The number of benzene rings is 2. The highest BCUT2D eigenvalue weighted by molar-refractivity contribution is 5.93. The lowest BCUT2D eigenvalue weighted by atomic mass is 9.90. The van der Waals surface area contributed by atoms with Crippen LogP contribution in [-0.4, -0.2) is 43.1 Å². The third-order valence-electron chi connectivity index (χ3n) is 5.68. The molecule has 6 nitrogen and oxygen atoms in total. The van der Waals surface area contributed by atoms with Crippen LogP contribution in [0.25, 0.3) is 0 Å². The maximum atomic E-state index is 12.7. The summed E-state index contributed by atoms with van der Waals surface area (Å²) in [5.74, 6) is 1.48. The average molecular weight is 410 g/mol. The Balaban J connectivity index is 1.39. The van der Waals surface area contributed by atoms with Crippen molar-refractivity contribution < 1.29 is 14.3 Å². The molecule has 2 N–H and O–H groups in total. The van der Waals surface area contributed by atoms with Crippen LogP contribution < -0.4 is 15.4 Å². The topological polar surface area (TPSA) is 70.7 Å². The number of methoxy groups -OCH3 is 1. The molecule has 160 valence electrons. The van der Waals surface area contributed by atoms with Gasteiger partial charge < -0.3 is 20.3 Å². The molecule has 0 radical (unpaired) electrons. The number of ether oxygens (including phenoxy) is 1. The fourth-order valence-electron chi connectivity index (χ4n) is 3.83. The maximum absolute atomic E-state index is 12.7. The minimum Gasteiger partial charge on any atom is -0.497 e. The van der Waals surface area contributed by atoms with E-state index in [4.69, 9.17) is 4.74 Å². The van der Waals surface area contributed by atoms with Gasteiger partial charge in [0.2, 0.25) is 5.91 Å². The highest BCUT2D eigenvalue weighted by atomic mass is 16.5. The Morgan fingerprint density at radius 1 is 1.07 bits per heavy atom. The molecule has 1 saturated heterocycles. The van der Waals surface area contributed by atoms with E-state index < -0.39 is 6.04 Å². The largest absolute Gasteiger partial charge is 0.497 e. The van der Waals surface area contributed by atoms with Gasteiger partial charge in [-0.1, -0.05) is 30.3 Å². The first-order chi connectivity index (χ1) is 14.5. The fourth-order valence-corrected chi connectivity index (χ4v) is 3.83. The minimum absolute atomic E-state index is 0.0215. The molecular weight excluding hydrogens is 378 g/mol. The summed E-state index contributed by atoms with van der Waals surface area (Å²) >= 11 is 0. The molecule has 30 heavy (non-hydrogen) atoms. The van der Waals surface area contributed by atoms with Gasteiger partial charge in [0.05, 0.1) is 7.11 Å². The van der Waals surface area contributed by atoms with Crippen molar-refractivity contribution in [3.05, 3.63) is 60.2 Å². The second kappa shape index (κ2) is 10.7. The van der Waals surface area contributed by atoms with Gasteiger partial charge >= 0.3 is 6.03 Å². The van der Waals surface area contributed by atoms with E-state index in [1.54, 1.807) is 14.0 Å². The molecule has 6 heteroatoms. The Morgan fingerprint density at radius 2 is 1.73 bits per heavy atom. The van der Waals surface area contributed by atoms with Crippen molar-refractivity contribution >= 4 is 17.6 Å². The molecule has 1 heterocycles. The zero-order chi connectivity index (χ0) is 21.3. The van der Waals surface area contributed by atoms with Crippen LogP contribution in [0.3, 0.4) is 0 Å². The highest BCUT2D eigenvalue weighted by Gasteiger charge is 2.26. The molecule has 0 saturated carbocycles. The van der Waals surface area contributed by atoms with E-state index in [-0.39, 0.29) is 11.9 Å². The van der Waals surface area contributed by atoms with Crippen LogP contribution in [0.4, 0.5) is 10.5 Å². The van der Waals surface area contributed by atoms with Gasteiger partial charge in [0.15, 0.2) is 0 Å². The van der Waals surface area contributed by atoms with Crippen LogP contribution >= 0.6 is 0 Å². The number of amides is 3. The normalized spacial score (nSPS) is 15.3. The molecule has 3 rings (SSSR count). The van der Waals surface area contributed by atoms with Gasteiger partial charge in [0.1, 0.15) is 11.8 Å². The Bertz CT molecular complexity index is 815. The summed E-state index contributed by atoms with van der Waals surface area (Å²) in [6, 6.07) is 16.5. The summed E-state index contributed by atoms with van der Waals surface area (Å²) < 4.78 is 5.20. The number of piperidine rings is 1. The Morgan fingerprint density at radius 3 is 2.37 bits per heavy atom. The second-order valence-corrected chi connectivity index (χ2v) is 7.84. The Labute approximate surface area is 178 Å². The van der Waals surface area contributed by atoms with Crippen LogP contribution in [0.2, 0.25) is 0 Å². The lowest BCUT2D eigenvalue weighted by molar-refractivity contribution is -0.134. The first-order valence-electron chi connectivity index (χ1n) is 10.6. The lowest BCUT2D eigenvalue weighted by Gasteiger charge is -2.33. The summed E-state index contributed by atoms with van der Waals surface area (Å²) in [5.41, 5.74) is 2.02. The van der Waals surface area contributed by atoms with Crippen LogP contribution in [0.5, 0.6) is 5.75 Å². The van der Waals surface area contributed by atoms with Gasteiger partial charge in [-0.3, -0.25) is 4.79 Å². The number of carbonyl (C=O) groups is 2. The molecule has 1 unspecified atom stereocenters. The fraction of sp³-hybridized carbons (Fsp3) is 0.417. The number of urea groups is 1. The summed E-state index contributed by atoms with van der Waals surface area (Å²) in [6.07, 6.45) is 4.18. The molecule has 0 bridgehead atoms. The minimum atomic E-state index is -0.551. The van der Waals surface area contributed by atoms with E-state index in [9.17, 15) is 9.59 Å². The third kappa shape index (κ3) is 6.24. The van der Waals surface area contributed by atoms with Crippen molar-refractivity contribution in [2.75, 3.05) is 25.5 Å². The smallest absolute Gasteiger partial charge is 0.319 e. The zero-order valence-corrected chi connectivity index (χ0v) is 17.8. The van der Waals surface area contributed by atoms with Crippen LogP contribution in [-0.2, 0) is 11.2 Å². The van der Waals surface area contributed by atoms with Crippen molar-refractivity contribution in [1.82, 2.24) is 10.2 Å². The summed E-state index contributed by atoms with van der Waals surface area (Å²) in [5, 5.41) is 5.49. The number of hydrogen-bond donors (Lipinski definition) is 2. The van der Waals surface area contributed by atoms with Crippen LogP contribution in [0.15, 0.2) is 54.6 Å². The molecular formula is C24H31N3O3. The molecule has 0 aliphatic carbocycles. The molecule has 0 aromatic heterocycles. The second-order valence-electron chi connectivity index (χ2n) is 7.84. The number of nitrogens with zero attached hydrogens (tertiary/aromatic N) is 1. The number of hydrogen-bond acceptors (Lipinski definition) is 3. The standard InChI is InChI=1S/C24H31N3O3/c1-18(25-24(29)26-21-6-4-3-5-7-21)23(28)27-16-14-20(15-17-27)9-8-19-10-12-22(30-2)13-11-19/h3-7,10-13,18,20H,8-9,14-17H2,1-2H3,(H2,25,26,29). The molecule has 2 aromatic rings. The number of likely N-dealkylation sites (tertiary alicyclic amines) is 1. The molecule has 1 fully saturated rings. The van der Waals surface area contributed by atoms with Gasteiger partial charge in [0, 0.05) is 18.8 Å². The third-order valence-corrected chi connectivity index (χ3v) is 5.68. The average Bonchev–Trinajstić information content (AvgIpc) is 2.78. The number of nitrogens with one attached hydrogen (secondary N) is 2. The summed E-state index contributed by atoms with van der Waals surface area (Å²) in [6.45, 7) is 3.24. The molecule has 0 spiro atoms. The quantitative estimate of drug-likeness (QED) is 0.724. The van der Waals surface area contributed by atoms with Crippen molar-refractivity contribution in [3.8, 4) is 5.75 Å². The predicted octanol–water partition coefficient (Wildman–Crippen LogP) is 4.08. The van der Waals surface area contributed by atoms with E-state index in [0.29, 0.717) is 11.6 Å². The zero-order valence-electron chi connectivity index (χ0n) is 17.8. The molecule has 1 atom stereocenters. The first kappa shape index (κ1) is 21.7. The number of anilines is 1. The predicted molar refractivity (Wildman–Crippen MR) is 119 cm³/mol. The van der Waals surface area contributed by atoms with E-state index in [1.807, 2.05) is 47.4 Å². The number of aryl methyl sites for hydroxylation is 1. The van der Waals surface area contributed by atoms with E-state index in [0.717, 1.165) is 44.5 Å². The van der Waals surface area contributed by atoms with Gasteiger partial charge in [-0.05, 0) is 68.4 Å². The van der Waals surface area contributed by atoms with Crippen molar-refractivity contribution in [2.45, 2.75) is 38.6 Å². The summed E-state index contributed by atoms with van der Waals surface area (Å²) in [4.78, 5) is 26.7. The van der Waals surface area contributed by atoms with Gasteiger partial charge in [-0.15, -0.1) is 0 Å². The molecule has 2 aromatic carbocycles. The van der Waals surface area contributed by atoms with E-state index in [1.165, 1.54) is 5.56 Å². The Kier molecular flexibility index (Phi) is 7.71. The van der Waals surface area contributed by atoms with E-state index >= 15 is 0 Å². The van der Waals surface area contributed by atoms with Crippen molar-refractivity contribution in [3.63, 3.8) is 0 Å². The van der Waals surface area contributed by atoms with E-state index in [2.05, 4.69) is 22.8 Å².